The molecule has 2 heterocycles. The Morgan fingerprint density at radius 2 is 1.83 bits per heavy atom. The summed E-state index contributed by atoms with van der Waals surface area (Å²) in [5, 5.41) is 10.6. The molecule has 0 saturated carbocycles. The molecule has 1 aromatic heterocycles. The molecule has 0 aliphatic carbocycles. The monoisotopic (exact) mass is 488 g/mol. The van der Waals surface area contributed by atoms with Crippen molar-refractivity contribution in [3.05, 3.63) is 82.1 Å². The fraction of sp³-hybridized carbons (Fsp3) is 0.452. The zero-order chi connectivity index (χ0) is 26.0. The van der Waals surface area contributed by atoms with Gasteiger partial charge in [-0.1, -0.05) is 48.9 Å². The van der Waals surface area contributed by atoms with E-state index < -0.39 is 5.60 Å². The van der Waals surface area contributed by atoms with E-state index in [0.29, 0.717) is 0 Å². The average Bonchev–Trinajstić information content (AvgIpc) is 3.27. The minimum atomic E-state index is -0.554. The van der Waals surface area contributed by atoms with E-state index in [9.17, 15) is 9.90 Å². The molecular formula is C31H40N2O3. The Bertz CT molecular complexity index is 1260. The Kier molecular flexibility index (Phi) is 7.72. The molecule has 5 heteroatoms. The fourth-order valence-corrected chi connectivity index (χ4v) is 5.27. The molecule has 3 aromatic rings. The summed E-state index contributed by atoms with van der Waals surface area (Å²) in [4.78, 5) is 15.5. The molecule has 0 bridgehead atoms. The van der Waals surface area contributed by atoms with Crippen LogP contribution in [0.3, 0.4) is 0 Å². The molecule has 1 aliphatic heterocycles. The van der Waals surface area contributed by atoms with Crippen molar-refractivity contribution in [2.75, 3.05) is 13.2 Å². The number of rotatable bonds is 6. The number of hydrogen-bond acceptors (Lipinski definition) is 4. The molecule has 1 N–H and O–H groups in total. The van der Waals surface area contributed by atoms with E-state index in [1.54, 1.807) is 4.57 Å². The zero-order valence-electron chi connectivity index (χ0n) is 22.6. The first-order valence-electron chi connectivity index (χ1n) is 13.1. The molecule has 1 unspecified atom stereocenters. The highest BCUT2D eigenvalue weighted by Crippen LogP contribution is 2.35. The first-order valence-corrected chi connectivity index (χ1v) is 13.1. The molecular weight excluding hydrogens is 448 g/mol. The smallest absolute Gasteiger partial charge is 0.418 e. The molecule has 192 valence electrons. The van der Waals surface area contributed by atoms with Crippen LogP contribution in [0.4, 0.5) is 4.79 Å². The van der Waals surface area contributed by atoms with E-state index in [0.717, 1.165) is 48.8 Å². The van der Waals surface area contributed by atoms with Gasteiger partial charge in [-0.2, -0.15) is 0 Å². The van der Waals surface area contributed by atoms with Crippen molar-refractivity contribution in [3.63, 3.8) is 0 Å². The van der Waals surface area contributed by atoms with Gasteiger partial charge in [0.05, 0.1) is 11.6 Å². The number of benzene rings is 2. The second-order valence-corrected chi connectivity index (χ2v) is 11.0. The molecule has 36 heavy (non-hydrogen) atoms. The Morgan fingerprint density at radius 1 is 1.11 bits per heavy atom. The predicted molar refractivity (Wildman–Crippen MR) is 146 cm³/mol. The lowest BCUT2D eigenvalue weighted by atomic mass is 9.92. The SMILES string of the molecule is CCc1ccc(C2C=C(CCO)CCN2Cc2c(C)cc(C)c3c2ccn3C(=O)OC(C)(C)C)cc1. The van der Waals surface area contributed by atoms with Gasteiger partial charge in [-0.15, -0.1) is 0 Å². The summed E-state index contributed by atoms with van der Waals surface area (Å²) in [5.74, 6) is 0. The summed E-state index contributed by atoms with van der Waals surface area (Å²) in [6.45, 7) is 14.0. The Balaban J connectivity index is 1.73. The first-order chi connectivity index (χ1) is 17.1. The van der Waals surface area contributed by atoms with Gasteiger partial charge in [-0.3, -0.25) is 9.47 Å². The molecule has 5 nitrogen and oxygen atoms in total. The standard InChI is InChI=1S/C31H40N2O3/c1-7-23-8-10-25(11-9-23)28-19-24(14-17-34)12-15-32(28)20-27-21(2)18-22(3)29-26(27)13-16-33(29)30(35)36-31(4,5)6/h8-11,13,16,18-19,28,34H,7,12,14-15,17,20H2,1-6H3. The largest absolute Gasteiger partial charge is 0.443 e. The van der Waals surface area contributed by atoms with E-state index in [2.05, 4.69) is 68.1 Å². The van der Waals surface area contributed by atoms with Crippen molar-refractivity contribution in [3.8, 4) is 0 Å². The van der Waals surface area contributed by atoms with Gasteiger partial charge in [-0.05, 0) is 87.8 Å². The molecule has 1 aliphatic rings. The number of fused-ring (bicyclic) bond motifs is 1. The third-order valence-corrected chi connectivity index (χ3v) is 7.11. The first kappa shape index (κ1) is 26.2. The van der Waals surface area contributed by atoms with Crippen LogP contribution < -0.4 is 0 Å². The van der Waals surface area contributed by atoms with Crippen LogP contribution in [-0.4, -0.2) is 39.4 Å². The van der Waals surface area contributed by atoms with Gasteiger partial charge in [0.15, 0.2) is 0 Å². The van der Waals surface area contributed by atoms with Gasteiger partial charge >= 0.3 is 6.09 Å². The number of ether oxygens (including phenoxy) is 1. The summed E-state index contributed by atoms with van der Waals surface area (Å²) in [5.41, 5.74) is 7.83. The molecule has 0 radical (unpaired) electrons. The van der Waals surface area contributed by atoms with Gasteiger partial charge in [0.25, 0.3) is 0 Å². The Labute approximate surface area is 215 Å². The lowest BCUT2D eigenvalue weighted by molar-refractivity contribution is 0.0544. The summed E-state index contributed by atoms with van der Waals surface area (Å²) < 4.78 is 7.33. The van der Waals surface area contributed by atoms with E-state index in [1.165, 1.54) is 27.8 Å². The highest BCUT2D eigenvalue weighted by Gasteiger charge is 2.26. The maximum atomic E-state index is 13.0. The summed E-state index contributed by atoms with van der Waals surface area (Å²) in [6, 6.07) is 13.3. The normalized spacial score (nSPS) is 16.9. The summed E-state index contributed by atoms with van der Waals surface area (Å²) >= 11 is 0. The molecule has 4 rings (SSSR count). The number of aryl methyl sites for hydroxylation is 3. The lowest BCUT2D eigenvalue weighted by Gasteiger charge is -2.35. The molecule has 0 fully saturated rings. The van der Waals surface area contributed by atoms with Crippen molar-refractivity contribution in [2.24, 2.45) is 0 Å². The Hall–Kier alpha value is -2.89. The van der Waals surface area contributed by atoms with Gasteiger partial charge in [0.2, 0.25) is 0 Å². The van der Waals surface area contributed by atoms with Crippen LogP contribution in [0.15, 0.2) is 54.2 Å². The van der Waals surface area contributed by atoms with Crippen molar-refractivity contribution in [1.82, 2.24) is 9.47 Å². The third-order valence-electron chi connectivity index (χ3n) is 7.11. The van der Waals surface area contributed by atoms with Gasteiger partial charge in [0.1, 0.15) is 5.60 Å². The molecule has 2 aromatic carbocycles. The molecule has 0 spiro atoms. The van der Waals surface area contributed by atoms with Crippen molar-refractivity contribution in [1.29, 1.82) is 0 Å². The quantitative estimate of drug-likeness (QED) is 0.385. The van der Waals surface area contributed by atoms with Crippen LogP contribution in [-0.2, 0) is 17.7 Å². The number of aliphatic hydroxyl groups is 1. The van der Waals surface area contributed by atoms with Crippen LogP contribution in [0.5, 0.6) is 0 Å². The second kappa shape index (κ2) is 10.6. The number of aliphatic hydroxyl groups excluding tert-OH is 1. The second-order valence-electron chi connectivity index (χ2n) is 11.0. The maximum absolute atomic E-state index is 13.0. The van der Waals surface area contributed by atoms with Crippen molar-refractivity contribution >= 4 is 17.0 Å². The highest BCUT2D eigenvalue weighted by molar-refractivity contribution is 5.94. The topological polar surface area (TPSA) is 54.7 Å². The highest BCUT2D eigenvalue weighted by atomic mass is 16.6. The van der Waals surface area contributed by atoms with Crippen molar-refractivity contribution < 1.29 is 14.6 Å². The minimum absolute atomic E-state index is 0.148. The fourth-order valence-electron chi connectivity index (χ4n) is 5.27. The Morgan fingerprint density at radius 3 is 2.47 bits per heavy atom. The zero-order valence-corrected chi connectivity index (χ0v) is 22.6. The van der Waals surface area contributed by atoms with E-state index in [4.69, 9.17) is 4.74 Å². The van der Waals surface area contributed by atoms with Gasteiger partial charge < -0.3 is 9.84 Å². The molecule has 0 amide bonds. The van der Waals surface area contributed by atoms with Crippen LogP contribution in [0.25, 0.3) is 10.9 Å². The number of carbonyl (C=O) groups excluding carboxylic acids is 1. The van der Waals surface area contributed by atoms with E-state index >= 15 is 0 Å². The molecule has 0 saturated heterocycles. The number of carbonyl (C=O) groups is 1. The number of aromatic nitrogens is 1. The lowest BCUT2D eigenvalue weighted by Crippen LogP contribution is -2.32. The average molecular weight is 489 g/mol. The summed E-state index contributed by atoms with van der Waals surface area (Å²) in [6.07, 6.45) is 6.54. The predicted octanol–water partition coefficient (Wildman–Crippen LogP) is 6.86. The minimum Gasteiger partial charge on any atom is -0.443 e. The van der Waals surface area contributed by atoms with Crippen LogP contribution >= 0.6 is 0 Å². The van der Waals surface area contributed by atoms with Gasteiger partial charge in [0, 0.05) is 31.3 Å². The molecule has 1 atom stereocenters. The van der Waals surface area contributed by atoms with Crippen LogP contribution in [0, 0.1) is 13.8 Å². The van der Waals surface area contributed by atoms with E-state index in [-0.39, 0.29) is 18.7 Å². The van der Waals surface area contributed by atoms with E-state index in [1.807, 2.05) is 27.0 Å². The maximum Gasteiger partial charge on any atom is 0.418 e. The van der Waals surface area contributed by atoms with Gasteiger partial charge in [-0.25, -0.2) is 4.79 Å². The van der Waals surface area contributed by atoms with Crippen LogP contribution in [0.1, 0.15) is 74.4 Å². The van der Waals surface area contributed by atoms with Crippen LogP contribution in [0.2, 0.25) is 0 Å². The number of hydrogen-bond donors (Lipinski definition) is 1. The third kappa shape index (κ3) is 5.58. The van der Waals surface area contributed by atoms with Crippen molar-refractivity contribution in [2.45, 2.75) is 79.0 Å². The number of nitrogens with zero attached hydrogens (tertiary/aromatic N) is 2. The summed E-state index contributed by atoms with van der Waals surface area (Å²) in [7, 11) is 0.